The molecule has 0 aliphatic carbocycles. The average Bonchev–Trinajstić information content (AvgIpc) is 3.26. The van der Waals surface area contributed by atoms with Crippen LogP contribution in [0.25, 0.3) is 0 Å². The largest absolute Gasteiger partial charge is 0.493 e. The van der Waals surface area contributed by atoms with Crippen LogP contribution in [0.5, 0.6) is 11.5 Å². The van der Waals surface area contributed by atoms with Crippen LogP contribution in [0.4, 0.5) is 11.4 Å². The SMILES string of the molecule is COC(=O)c1ccc(OCC(=O)Nc2ccc(N3CCCC3)c(C)c2)c(OC)c1. The summed E-state index contributed by atoms with van der Waals surface area (Å²) in [6.07, 6.45) is 2.44. The van der Waals surface area contributed by atoms with Gasteiger partial charge in [0.05, 0.1) is 19.8 Å². The number of ether oxygens (including phenoxy) is 3. The Balaban J connectivity index is 1.60. The molecule has 0 radical (unpaired) electrons. The van der Waals surface area contributed by atoms with Crippen molar-refractivity contribution in [2.45, 2.75) is 19.8 Å². The minimum Gasteiger partial charge on any atom is -0.493 e. The van der Waals surface area contributed by atoms with E-state index in [1.165, 1.54) is 38.8 Å². The summed E-state index contributed by atoms with van der Waals surface area (Å²) in [6.45, 7) is 4.03. The lowest BCUT2D eigenvalue weighted by atomic mass is 10.1. The maximum Gasteiger partial charge on any atom is 0.337 e. The molecule has 0 unspecified atom stereocenters. The van der Waals surface area contributed by atoms with Crippen LogP contribution in [0.1, 0.15) is 28.8 Å². The summed E-state index contributed by atoms with van der Waals surface area (Å²) in [7, 11) is 2.77. The second-order valence-corrected chi connectivity index (χ2v) is 6.89. The number of nitrogens with one attached hydrogen (secondary N) is 1. The van der Waals surface area contributed by atoms with Crippen molar-refractivity contribution in [3.05, 3.63) is 47.5 Å². The molecule has 2 aromatic rings. The van der Waals surface area contributed by atoms with Gasteiger partial charge in [0.1, 0.15) is 0 Å². The van der Waals surface area contributed by atoms with E-state index in [1.807, 2.05) is 25.1 Å². The third-order valence-corrected chi connectivity index (χ3v) is 4.87. The zero-order valence-electron chi connectivity index (χ0n) is 17.0. The van der Waals surface area contributed by atoms with Crippen molar-refractivity contribution in [3.8, 4) is 11.5 Å². The fraction of sp³-hybridized carbons (Fsp3) is 0.364. The molecule has 0 spiro atoms. The summed E-state index contributed by atoms with van der Waals surface area (Å²) >= 11 is 0. The molecule has 154 valence electrons. The van der Waals surface area contributed by atoms with Gasteiger partial charge in [-0.05, 0) is 61.7 Å². The second kappa shape index (κ2) is 9.32. The van der Waals surface area contributed by atoms with Crippen molar-refractivity contribution in [1.29, 1.82) is 0 Å². The Labute approximate surface area is 170 Å². The molecule has 1 amide bonds. The third kappa shape index (κ3) is 4.99. The quantitative estimate of drug-likeness (QED) is 0.721. The van der Waals surface area contributed by atoms with Crippen LogP contribution >= 0.6 is 0 Å². The lowest BCUT2D eigenvalue weighted by molar-refractivity contribution is -0.118. The molecule has 0 saturated carbocycles. The Morgan fingerprint density at radius 2 is 1.79 bits per heavy atom. The number of hydrogen-bond donors (Lipinski definition) is 1. The van der Waals surface area contributed by atoms with Crippen molar-refractivity contribution in [2.24, 2.45) is 0 Å². The minimum absolute atomic E-state index is 0.180. The van der Waals surface area contributed by atoms with E-state index in [-0.39, 0.29) is 12.5 Å². The Hall–Kier alpha value is -3.22. The summed E-state index contributed by atoms with van der Waals surface area (Å²) in [5.74, 6) is -0.0277. The summed E-state index contributed by atoms with van der Waals surface area (Å²) < 4.78 is 15.5. The van der Waals surface area contributed by atoms with Crippen LogP contribution in [-0.2, 0) is 9.53 Å². The number of amides is 1. The first kappa shape index (κ1) is 20.5. The maximum atomic E-state index is 12.3. The number of hydrogen-bond acceptors (Lipinski definition) is 6. The number of benzene rings is 2. The summed E-state index contributed by atoms with van der Waals surface area (Å²) in [5, 5.41) is 2.85. The minimum atomic E-state index is -0.472. The van der Waals surface area contributed by atoms with E-state index in [9.17, 15) is 9.59 Å². The predicted molar refractivity (Wildman–Crippen MR) is 111 cm³/mol. The Bertz CT molecular complexity index is 891. The summed E-state index contributed by atoms with van der Waals surface area (Å²) in [6, 6.07) is 10.6. The Morgan fingerprint density at radius 1 is 1.03 bits per heavy atom. The molecule has 29 heavy (non-hydrogen) atoms. The van der Waals surface area contributed by atoms with Gasteiger partial charge in [-0.2, -0.15) is 0 Å². The highest BCUT2D eigenvalue weighted by Gasteiger charge is 2.15. The molecule has 7 nitrogen and oxygen atoms in total. The zero-order valence-corrected chi connectivity index (χ0v) is 17.0. The first-order valence-electron chi connectivity index (χ1n) is 9.56. The fourth-order valence-electron chi connectivity index (χ4n) is 3.42. The number of aryl methyl sites for hydroxylation is 1. The topological polar surface area (TPSA) is 77.1 Å². The monoisotopic (exact) mass is 398 g/mol. The van der Waals surface area contributed by atoms with Gasteiger partial charge in [-0.25, -0.2) is 4.79 Å². The van der Waals surface area contributed by atoms with E-state index in [0.29, 0.717) is 17.1 Å². The number of rotatable bonds is 7. The highest BCUT2D eigenvalue weighted by molar-refractivity contribution is 5.92. The zero-order chi connectivity index (χ0) is 20.8. The van der Waals surface area contributed by atoms with Crippen LogP contribution in [0.2, 0.25) is 0 Å². The smallest absolute Gasteiger partial charge is 0.337 e. The second-order valence-electron chi connectivity index (χ2n) is 6.89. The average molecular weight is 398 g/mol. The van der Waals surface area contributed by atoms with Crippen molar-refractivity contribution < 1.29 is 23.8 Å². The van der Waals surface area contributed by atoms with Crippen LogP contribution < -0.4 is 19.7 Å². The molecule has 1 aliphatic heterocycles. The molecule has 0 bridgehead atoms. The van der Waals surface area contributed by atoms with Gasteiger partial charge in [-0.15, -0.1) is 0 Å². The Kier molecular flexibility index (Phi) is 6.59. The van der Waals surface area contributed by atoms with Gasteiger partial charge >= 0.3 is 5.97 Å². The number of carbonyl (C=O) groups excluding carboxylic acids is 2. The van der Waals surface area contributed by atoms with Crippen LogP contribution in [-0.4, -0.2) is 45.8 Å². The van der Waals surface area contributed by atoms with E-state index in [1.54, 1.807) is 12.1 Å². The number of carbonyl (C=O) groups is 2. The normalized spacial score (nSPS) is 13.1. The van der Waals surface area contributed by atoms with E-state index in [4.69, 9.17) is 9.47 Å². The van der Waals surface area contributed by atoms with Crippen molar-refractivity contribution in [1.82, 2.24) is 0 Å². The van der Waals surface area contributed by atoms with Crippen LogP contribution in [0.15, 0.2) is 36.4 Å². The van der Waals surface area contributed by atoms with Gasteiger partial charge in [0.15, 0.2) is 18.1 Å². The van der Waals surface area contributed by atoms with Gasteiger partial charge in [0.2, 0.25) is 0 Å². The lowest BCUT2D eigenvalue weighted by Crippen LogP contribution is -2.21. The van der Waals surface area contributed by atoms with E-state index in [2.05, 4.69) is 15.0 Å². The molecule has 0 atom stereocenters. The molecule has 0 aromatic heterocycles. The summed E-state index contributed by atoms with van der Waals surface area (Å²) in [5.41, 5.74) is 3.42. The third-order valence-electron chi connectivity index (χ3n) is 4.87. The highest BCUT2D eigenvalue weighted by Crippen LogP contribution is 2.29. The van der Waals surface area contributed by atoms with Gasteiger partial charge in [-0.1, -0.05) is 0 Å². The van der Waals surface area contributed by atoms with Crippen molar-refractivity contribution in [3.63, 3.8) is 0 Å². The Morgan fingerprint density at radius 3 is 2.45 bits per heavy atom. The van der Waals surface area contributed by atoms with Crippen LogP contribution in [0, 0.1) is 6.92 Å². The number of esters is 1. The molecular weight excluding hydrogens is 372 g/mol. The van der Waals surface area contributed by atoms with Crippen molar-refractivity contribution >= 4 is 23.3 Å². The molecule has 1 N–H and O–H groups in total. The van der Waals surface area contributed by atoms with Crippen molar-refractivity contribution in [2.75, 3.05) is 44.1 Å². The maximum absolute atomic E-state index is 12.3. The molecule has 1 heterocycles. The van der Waals surface area contributed by atoms with Crippen LogP contribution in [0.3, 0.4) is 0 Å². The predicted octanol–water partition coefficient (Wildman–Crippen LogP) is 3.41. The van der Waals surface area contributed by atoms with E-state index < -0.39 is 5.97 Å². The van der Waals surface area contributed by atoms with Gasteiger partial charge in [0.25, 0.3) is 5.91 Å². The molecule has 2 aromatic carbocycles. The van der Waals surface area contributed by atoms with Gasteiger partial charge in [-0.3, -0.25) is 4.79 Å². The molecule has 3 rings (SSSR count). The lowest BCUT2D eigenvalue weighted by Gasteiger charge is -2.20. The molecule has 1 aliphatic rings. The molecular formula is C22H26N2O5. The van der Waals surface area contributed by atoms with E-state index >= 15 is 0 Å². The first-order chi connectivity index (χ1) is 14.0. The fourth-order valence-corrected chi connectivity index (χ4v) is 3.42. The number of anilines is 2. The van der Waals surface area contributed by atoms with Gasteiger partial charge < -0.3 is 24.4 Å². The molecule has 1 fully saturated rings. The molecule has 1 saturated heterocycles. The number of methoxy groups -OCH3 is 2. The highest BCUT2D eigenvalue weighted by atomic mass is 16.5. The molecule has 7 heteroatoms. The summed E-state index contributed by atoms with van der Waals surface area (Å²) in [4.78, 5) is 26.3. The standard InChI is InChI=1S/C22H26N2O5/c1-15-12-17(7-8-18(15)24-10-4-5-11-24)23-21(25)14-29-19-9-6-16(22(26)28-3)13-20(19)27-2/h6-9,12-13H,4-5,10-11,14H2,1-3H3,(H,23,25). The first-order valence-corrected chi connectivity index (χ1v) is 9.56. The van der Waals surface area contributed by atoms with Gasteiger partial charge in [0, 0.05) is 24.5 Å². The van der Waals surface area contributed by atoms with E-state index in [0.717, 1.165) is 24.3 Å². The number of nitrogens with zero attached hydrogens (tertiary/aromatic N) is 1.